The summed E-state index contributed by atoms with van der Waals surface area (Å²) in [5.41, 5.74) is 3.62. The van der Waals surface area contributed by atoms with Crippen LogP contribution in [0.5, 0.6) is 0 Å². The van der Waals surface area contributed by atoms with Gasteiger partial charge in [0.15, 0.2) is 0 Å². The van der Waals surface area contributed by atoms with Crippen LogP contribution in [0, 0.1) is 6.92 Å². The van der Waals surface area contributed by atoms with E-state index >= 15 is 0 Å². The lowest BCUT2D eigenvalue weighted by Crippen LogP contribution is -2.54. The van der Waals surface area contributed by atoms with Crippen LogP contribution in [0.3, 0.4) is 0 Å². The summed E-state index contributed by atoms with van der Waals surface area (Å²) in [5, 5.41) is 13.4. The number of benzene rings is 4. The van der Waals surface area contributed by atoms with Crippen molar-refractivity contribution in [3.05, 3.63) is 107 Å². The molecule has 0 saturated carbocycles. The Bertz CT molecular complexity index is 2170. The van der Waals surface area contributed by atoms with Crippen LogP contribution in [0.15, 0.2) is 78.9 Å². The molecular formula is C43H47N5O10. The molecule has 4 aromatic rings. The highest BCUT2D eigenvalue weighted by molar-refractivity contribution is 6.25. The average Bonchev–Trinajstić information content (AvgIpc) is 3.47. The van der Waals surface area contributed by atoms with Crippen LogP contribution in [-0.2, 0) is 33.3 Å². The van der Waals surface area contributed by atoms with Crippen molar-refractivity contribution in [1.82, 2.24) is 15.5 Å². The van der Waals surface area contributed by atoms with Gasteiger partial charge in [-0.25, -0.2) is 0 Å². The third kappa shape index (κ3) is 10.3. The molecule has 1 unspecified atom stereocenters. The highest BCUT2D eigenvalue weighted by Gasteiger charge is 2.45. The van der Waals surface area contributed by atoms with E-state index in [-0.39, 0.29) is 61.6 Å². The Kier molecular flexibility index (Phi) is 14.3. The number of nitrogens with one attached hydrogen (secondary N) is 4. The van der Waals surface area contributed by atoms with Gasteiger partial charge in [-0.15, -0.1) is 0 Å². The molecule has 2 aliphatic rings. The predicted octanol–water partition coefficient (Wildman–Crippen LogP) is 4.16. The number of anilines is 2. The highest BCUT2D eigenvalue weighted by Crippen LogP contribution is 2.32. The van der Waals surface area contributed by atoms with Crippen LogP contribution in [0.2, 0.25) is 0 Å². The first-order valence-electron chi connectivity index (χ1n) is 19.2. The number of carbonyl (C=O) groups is 6. The van der Waals surface area contributed by atoms with Crippen LogP contribution in [-0.4, -0.2) is 106 Å². The molecule has 1 saturated heterocycles. The fourth-order valence-electron chi connectivity index (χ4n) is 6.87. The number of nitrogens with zero attached hydrogens (tertiary/aromatic N) is 1. The van der Waals surface area contributed by atoms with E-state index in [2.05, 4.69) is 21.3 Å². The molecular weight excluding hydrogens is 746 g/mol. The maximum atomic E-state index is 13.3. The number of piperidine rings is 1. The molecule has 2 atom stereocenters. The van der Waals surface area contributed by atoms with Gasteiger partial charge >= 0.3 is 0 Å². The molecule has 58 heavy (non-hydrogen) atoms. The maximum Gasteiger partial charge on any atom is 0.264 e. The molecule has 6 rings (SSSR count). The smallest absolute Gasteiger partial charge is 0.264 e. The van der Waals surface area contributed by atoms with Gasteiger partial charge in [0.05, 0.1) is 63.4 Å². The van der Waals surface area contributed by atoms with E-state index in [1.807, 2.05) is 56.3 Å². The Hall–Kier alpha value is -6.00. The van der Waals surface area contributed by atoms with Crippen molar-refractivity contribution in [3.8, 4) is 0 Å². The van der Waals surface area contributed by atoms with E-state index in [1.54, 1.807) is 30.3 Å². The predicted molar refractivity (Wildman–Crippen MR) is 215 cm³/mol. The largest absolute Gasteiger partial charge is 0.382 e. The summed E-state index contributed by atoms with van der Waals surface area (Å²) in [6.07, 6.45) is 0.141. The molecule has 2 heterocycles. The SMILES string of the molecule is Cc1ccc(NC(=O)COCCOCCOCCOCCNc2cccc3c2C(=O)N(C2CCC(=O)NC2=O)C3=O)cc1C(=O)N[C@H](C)c1cccc2ccccc12. The third-order valence-corrected chi connectivity index (χ3v) is 9.78. The number of fused-ring (bicyclic) bond motifs is 2. The molecule has 15 heteroatoms. The Morgan fingerprint density at radius 2 is 1.50 bits per heavy atom. The normalized spacial score (nSPS) is 15.6. The van der Waals surface area contributed by atoms with Gasteiger partial charge in [0.25, 0.3) is 17.7 Å². The monoisotopic (exact) mass is 793 g/mol. The highest BCUT2D eigenvalue weighted by atomic mass is 16.6. The van der Waals surface area contributed by atoms with Gasteiger partial charge in [0.2, 0.25) is 17.7 Å². The van der Waals surface area contributed by atoms with Crippen molar-refractivity contribution in [2.45, 2.75) is 38.8 Å². The number of hydrogen-bond acceptors (Lipinski definition) is 11. The van der Waals surface area contributed by atoms with Crippen LogP contribution >= 0.6 is 0 Å². The van der Waals surface area contributed by atoms with Crippen molar-refractivity contribution in [1.29, 1.82) is 0 Å². The molecule has 0 spiro atoms. The first-order chi connectivity index (χ1) is 28.1. The van der Waals surface area contributed by atoms with Crippen LogP contribution in [0.4, 0.5) is 11.4 Å². The second-order valence-electron chi connectivity index (χ2n) is 13.8. The molecule has 0 aromatic heterocycles. The molecule has 4 N–H and O–H groups in total. The Morgan fingerprint density at radius 1 is 0.810 bits per heavy atom. The molecule has 2 aliphatic heterocycles. The summed E-state index contributed by atoms with van der Waals surface area (Å²) in [6.45, 7) is 6.07. The van der Waals surface area contributed by atoms with E-state index < -0.39 is 29.7 Å². The van der Waals surface area contributed by atoms with Crippen LogP contribution in [0.25, 0.3) is 10.8 Å². The molecule has 0 bridgehead atoms. The van der Waals surface area contributed by atoms with Gasteiger partial charge in [0.1, 0.15) is 12.6 Å². The van der Waals surface area contributed by atoms with Gasteiger partial charge in [-0.1, -0.05) is 54.6 Å². The number of imide groups is 2. The first-order valence-corrected chi connectivity index (χ1v) is 19.2. The summed E-state index contributed by atoms with van der Waals surface area (Å²) in [6, 6.07) is 22.9. The topological polar surface area (TPSA) is 191 Å². The molecule has 4 aromatic carbocycles. The third-order valence-electron chi connectivity index (χ3n) is 9.78. The molecule has 304 valence electrons. The lowest BCUT2D eigenvalue weighted by atomic mass is 9.99. The van der Waals surface area contributed by atoms with E-state index in [0.717, 1.165) is 26.8 Å². The van der Waals surface area contributed by atoms with Crippen molar-refractivity contribution >= 4 is 57.6 Å². The number of aryl methyl sites for hydroxylation is 1. The van der Waals surface area contributed by atoms with E-state index in [9.17, 15) is 28.8 Å². The second kappa shape index (κ2) is 19.9. The number of ether oxygens (including phenoxy) is 4. The van der Waals surface area contributed by atoms with Crippen molar-refractivity contribution in [3.63, 3.8) is 0 Å². The zero-order chi connectivity index (χ0) is 41.0. The standard InChI is InChI=1S/C43H47N5O10/c1-27-13-14-30(25-34(27)40(51)45-28(2)31-10-5-8-29-7-3-4-9-32(29)31)46-38(50)26-58-24-23-57-22-21-56-20-19-55-18-17-44-35-12-6-11-33-39(35)43(54)48(42(33)53)36-15-16-37(49)47-41(36)52/h3-14,25,28,36,44H,15-24,26H2,1-2H3,(H,45,51)(H,46,50)(H,47,49,52)/t28-,36?/m1/s1. The lowest BCUT2D eigenvalue weighted by Gasteiger charge is -2.27. The molecule has 0 radical (unpaired) electrons. The number of hydrogen-bond donors (Lipinski definition) is 4. The fraction of sp³-hybridized carbons (Fsp3) is 0.349. The van der Waals surface area contributed by atoms with Crippen LogP contribution < -0.4 is 21.3 Å². The fourth-order valence-corrected chi connectivity index (χ4v) is 6.87. The van der Waals surface area contributed by atoms with Crippen molar-refractivity contribution in [2.75, 3.05) is 70.0 Å². The summed E-state index contributed by atoms with van der Waals surface area (Å²) >= 11 is 0. The second-order valence-corrected chi connectivity index (χ2v) is 13.8. The zero-order valence-electron chi connectivity index (χ0n) is 32.5. The number of rotatable bonds is 20. The van der Waals surface area contributed by atoms with E-state index in [0.29, 0.717) is 56.5 Å². The van der Waals surface area contributed by atoms with Crippen LogP contribution in [0.1, 0.15) is 68.0 Å². The Balaban J connectivity index is 0.801. The molecule has 6 amide bonds. The summed E-state index contributed by atoms with van der Waals surface area (Å²) in [7, 11) is 0. The minimum Gasteiger partial charge on any atom is -0.382 e. The molecule has 1 fully saturated rings. The number of amides is 6. The summed E-state index contributed by atoms with van der Waals surface area (Å²) < 4.78 is 22.1. The zero-order valence-corrected chi connectivity index (χ0v) is 32.5. The van der Waals surface area contributed by atoms with Gasteiger partial charge in [0, 0.05) is 29.9 Å². The minimum absolute atomic E-state index is 0.0522. The van der Waals surface area contributed by atoms with Gasteiger partial charge in [-0.05, 0) is 66.4 Å². The van der Waals surface area contributed by atoms with Crippen molar-refractivity contribution in [2.24, 2.45) is 0 Å². The maximum absolute atomic E-state index is 13.3. The summed E-state index contributed by atoms with van der Waals surface area (Å²) in [5.74, 6) is -2.82. The average molecular weight is 794 g/mol. The minimum atomic E-state index is -1.03. The van der Waals surface area contributed by atoms with Gasteiger partial charge in [-0.3, -0.25) is 39.0 Å². The quantitative estimate of drug-likeness (QED) is 0.0743. The molecule has 15 nitrogen and oxygen atoms in total. The molecule has 0 aliphatic carbocycles. The Morgan fingerprint density at radius 3 is 2.26 bits per heavy atom. The lowest BCUT2D eigenvalue weighted by molar-refractivity contribution is -0.136. The van der Waals surface area contributed by atoms with E-state index in [4.69, 9.17) is 18.9 Å². The van der Waals surface area contributed by atoms with Gasteiger partial charge in [-0.2, -0.15) is 0 Å². The Labute approximate surface area is 335 Å². The van der Waals surface area contributed by atoms with Gasteiger partial charge < -0.3 is 34.9 Å². The first kappa shape index (κ1) is 41.6. The van der Waals surface area contributed by atoms with Crippen molar-refractivity contribution < 1.29 is 47.7 Å². The van der Waals surface area contributed by atoms with E-state index in [1.165, 1.54) is 6.07 Å². The summed E-state index contributed by atoms with van der Waals surface area (Å²) in [4.78, 5) is 76.8. The number of carbonyl (C=O) groups excluding carboxylic acids is 6.